The Hall–Kier alpha value is -1.32. The van der Waals surface area contributed by atoms with E-state index in [9.17, 15) is 0 Å². The zero-order valence-electron chi connectivity index (χ0n) is 13.8. The van der Waals surface area contributed by atoms with Gasteiger partial charge in [0, 0.05) is 26.3 Å². The number of benzene rings is 1. The first-order valence-electron chi connectivity index (χ1n) is 7.41. The van der Waals surface area contributed by atoms with Crippen molar-refractivity contribution in [3.8, 4) is 11.5 Å². The number of hydrogen-bond donors (Lipinski definition) is 2. The minimum atomic E-state index is 0. The van der Waals surface area contributed by atoms with Gasteiger partial charge in [0.1, 0.15) is 5.15 Å². The second kappa shape index (κ2) is 8.86. The number of guanidine groups is 1. The lowest BCUT2D eigenvalue weighted by atomic mass is 10.2. The first kappa shape index (κ1) is 20.0. The molecule has 25 heavy (non-hydrogen) atoms. The molecule has 0 saturated carbocycles. The average Bonchev–Trinajstić information content (AvgIpc) is 3.15. The van der Waals surface area contributed by atoms with Crippen molar-refractivity contribution < 1.29 is 9.47 Å². The molecule has 0 aliphatic carbocycles. The van der Waals surface area contributed by atoms with Crippen LogP contribution in [0.15, 0.2) is 29.3 Å². The molecule has 2 aromatic rings. The Morgan fingerprint density at radius 2 is 1.88 bits per heavy atom. The zero-order chi connectivity index (χ0) is 17.1. The Labute approximate surface area is 173 Å². The van der Waals surface area contributed by atoms with Crippen molar-refractivity contribution in [2.75, 3.05) is 13.8 Å². The number of ether oxygens (including phenoxy) is 2. The molecule has 0 radical (unpaired) electrons. The van der Waals surface area contributed by atoms with Gasteiger partial charge in [0.05, 0.1) is 11.6 Å². The number of rotatable bonds is 4. The molecule has 0 unspecified atom stereocenters. The molecule has 6 nitrogen and oxygen atoms in total. The van der Waals surface area contributed by atoms with Crippen LogP contribution in [-0.2, 0) is 20.1 Å². The third-order valence-corrected chi connectivity index (χ3v) is 4.62. The Kier molecular flexibility index (Phi) is 7.09. The number of nitrogens with one attached hydrogen (secondary N) is 2. The summed E-state index contributed by atoms with van der Waals surface area (Å²) >= 11 is 12.1. The fourth-order valence-electron chi connectivity index (χ4n) is 2.39. The molecule has 0 atom stereocenters. The average molecular weight is 497 g/mol. The van der Waals surface area contributed by atoms with Crippen LogP contribution < -0.4 is 20.1 Å². The van der Waals surface area contributed by atoms with E-state index in [0.717, 1.165) is 22.8 Å². The number of halogens is 3. The van der Waals surface area contributed by atoms with Gasteiger partial charge < -0.3 is 24.7 Å². The smallest absolute Gasteiger partial charge is 0.231 e. The normalized spacial score (nSPS) is 12.7. The molecular formula is C16H19Cl2IN4O2. The molecule has 0 saturated heterocycles. The van der Waals surface area contributed by atoms with Crippen LogP contribution in [0.4, 0.5) is 0 Å². The van der Waals surface area contributed by atoms with Crippen LogP contribution >= 0.6 is 47.2 Å². The summed E-state index contributed by atoms with van der Waals surface area (Å²) in [6.07, 6.45) is 0. The largest absolute Gasteiger partial charge is 0.454 e. The van der Waals surface area contributed by atoms with E-state index in [1.165, 1.54) is 0 Å². The first-order valence-corrected chi connectivity index (χ1v) is 8.16. The van der Waals surface area contributed by atoms with Crippen molar-refractivity contribution >= 4 is 53.1 Å². The monoisotopic (exact) mass is 496 g/mol. The lowest BCUT2D eigenvalue weighted by molar-refractivity contribution is 0.174. The van der Waals surface area contributed by atoms with E-state index in [1.54, 1.807) is 7.05 Å². The molecule has 9 heteroatoms. The Morgan fingerprint density at radius 3 is 2.56 bits per heavy atom. The van der Waals surface area contributed by atoms with E-state index in [2.05, 4.69) is 15.6 Å². The number of aromatic nitrogens is 1. The van der Waals surface area contributed by atoms with Gasteiger partial charge in [-0.15, -0.1) is 24.0 Å². The van der Waals surface area contributed by atoms with Crippen LogP contribution in [0.1, 0.15) is 11.3 Å². The molecule has 136 valence electrons. The van der Waals surface area contributed by atoms with Crippen LogP contribution in [0, 0.1) is 0 Å². The van der Waals surface area contributed by atoms with Crippen molar-refractivity contribution in [1.29, 1.82) is 0 Å². The highest BCUT2D eigenvalue weighted by atomic mass is 127. The van der Waals surface area contributed by atoms with Crippen LogP contribution in [0.2, 0.25) is 10.2 Å². The van der Waals surface area contributed by atoms with E-state index >= 15 is 0 Å². The molecule has 0 fully saturated rings. The fraction of sp³-hybridized carbons (Fsp3) is 0.312. The van der Waals surface area contributed by atoms with Crippen LogP contribution in [0.25, 0.3) is 0 Å². The highest BCUT2D eigenvalue weighted by molar-refractivity contribution is 14.0. The molecule has 2 N–H and O–H groups in total. The third-order valence-electron chi connectivity index (χ3n) is 3.77. The van der Waals surface area contributed by atoms with Crippen LogP contribution in [-0.4, -0.2) is 24.4 Å². The SMILES string of the molecule is CN=C(NCc1ccc2c(c1)OCO2)NCc1cc(Cl)c(Cl)n1C.I. The lowest BCUT2D eigenvalue weighted by Crippen LogP contribution is -2.36. The van der Waals surface area contributed by atoms with E-state index in [4.69, 9.17) is 32.7 Å². The van der Waals surface area contributed by atoms with E-state index < -0.39 is 0 Å². The van der Waals surface area contributed by atoms with Gasteiger partial charge in [-0.1, -0.05) is 29.3 Å². The van der Waals surface area contributed by atoms with Gasteiger partial charge in [0.25, 0.3) is 0 Å². The summed E-state index contributed by atoms with van der Waals surface area (Å²) in [6.45, 7) is 1.45. The molecule has 2 heterocycles. The van der Waals surface area contributed by atoms with Gasteiger partial charge >= 0.3 is 0 Å². The van der Waals surface area contributed by atoms with Gasteiger partial charge in [0.15, 0.2) is 17.5 Å². The van der Waals surface area contributed by atoms with E-state index in [-0.39, 0.29) is 30.8 Å². The van der Waals surface area contributed by atoms with Gasteiger partial charge in [-0.05, 0) is 23.8 Å². The molecule has 0 bridgehead atoms. The topological polar surface area (TPSA) is 59.8 Å². The summed E-state index contributed by atoms with van der Waals surface area (Å²) < 4.78 is 12.5. The third kappa shape index (κ3) is 4.65. The fourth-order valence-corrected chi connectivity index (χ4v) is 2.81. The Balaban J connectivity index is 0.00000225. The van der Waals surface area contributed by atoms with Gasteiger partial charge in [-0.25, -0.2) is 0 Å². The van der Waals surface area contributed by atoms with E-state index in [1.807, 2.05) is 35.9 Å². The standard InChI is InChI=1S/C16H18Cl2N4O2.HI/c1-19-16(21-8-11-6-12(17)15(18)22(11)2)20-7-10-3-4-13-14(5-10)24-9-23-13;/h3-6H,7-9H2,1-2H3,(H2,19,20,21);1H. The van der Waals surface area contributed by atoms with Crippen molar-refractivity contribution in [3.63, 3.8) is 0 Å². The van der Waals surface area contributed by atoms with Gasteiger partial charge in [-0.2, -0.15) is 0 Å². The molecule has 0 amide bonds. The van der Waals surface area contributed by atoms with Gasteiger partial charge in [-0.3, -0.25) is 4.99 Å². The predicted octanol–water partition coefficient (Wildman–Crippen LogP) is 3.54. The van der Waals surface area contributed by atoms with Crippen LogP contribution in [0.5, 0.6) is 11.5 Å². The molecule has 1 aromatic carbocycles. The second-order valence-corrected chi connectivity index (χ2v) is 6.07. The quantitative estimate of drug-likeness (QED) is 0.386. The molecule has 1 aromatic heterocycles. The van der Waals surface area contributed by atoms with Crippen molar-refractivity contribution in [2.24, 2.45) is 12.0 Å². The van der Waals surface area contributed by atoms with Gasteiger partial charge in [0.2, 0.25) is 6.79 Å². The predicted molar refractivity (Wildman–Crippen MR) is 110 cm³/mol. The zero-order valence-corrected chi connectivity index (χ0v) is 17.6. The number of nitrogens with zero attached hydrogens (tertiary/aromatic N) is 2. The molecule has 3 rings (SSSR count). The second-order valence-electron chi connectivity index (χ2n) is 5.30. The summed E-state index contributed by atoms with van der Waals surface area (Å²) in [6, 6.07) is 7.69. The Morgan fingerprint density at radius 1 is 1.16 bits per heavy atom. The summed E-state index contributed by atoms with van der Waals surface area (Å²) in [5.41, 5.74) is 2.04. The summed E-state index contributed by atoms with van der Waals surface area (Å²) in [5.74, 6) is 2.23. The number of aliphatic imine (C=N–C) groups is 1. The van der Waals surface area contributed by atoms with Crippen molar-refractivity contribution in [2.45, 2.75) is 13.1 Å². The minimum Gasteiger partial charge on any atom is -0.454 e. The van der Waals surface area contributed by atoms with Crippen molar-refractivity contribution in [3.05, 3.63) is 45.7 Å². The Bertz CT molecular complexity index is 780. The summed E-state index contributed by atoms with van der Waals surface area (Å²) in [5, 5.41) is 7.56. The maximum atomic E-state index is 6.07. The first-order chi connectivity index (χ1) is 11.6. The highest BCUT2D eigenvalue weighted by Crippen LogP contribution is 2.32. The molecular weight excluding hydrogens is 478 g/mol. The lowest BCUT2D eigenvalue weighted by Gasteiger charge is -2.13. The van der Waals surface area contributed by atoms with E-state index in [0.29, 0.717) is 29.2 Å². The molecule has 1 aliphatic heterocycles. The number of fused-ring (bicyclic) bond motifs is 1. The highest BCUT2D eigenvalue weighted by Gasteiger charge is 2.13. The summed E-state index contributed by atoms with van der Waals surface area (Å²) in [7, 11) is 3.59. The number of hydrogen-bond acceptors (Lipinski definition) is 3. The van der Waals surface area contributed by atoms with Crippen molar-refractivity contribution in [1.82, 2.24) is 15.2 Å². The molecule has 1 aliphatic rings. The maximum Gasteiger partial charge on any atom is 0.231 e. The minimum absolute atomic E-state index is 0. The summed E-state index contributed by atoms with van der Waals surface area (Å²) in [4.78, 5) is 4.21. The van der Waals surface area contributed by atoms with Crippen LogP contribution in [0.3, 0.4) is 0 Å². The molecule has 0 spiro atoms. The maximum absolute atomic E-state index is 6.07.